The van der Waals surface area contributed by atoms with Gasteiger partial charge in [-0.25, -0.2) is 0 Å². The Morgan fingerprint density at radius 1 is 0.960 bits per heavy atom. The van der Waals surface area contributed by atoms with E-state index in [1.165, 1.54) is 0 Å². The van der Waals surface area contributed by atoms with Gasteiger partial charge in [-0.1, -0.05) is 12.1 Å². The molecule has 0 aliphatic carbocycles. The van der Waals surface area contributed by atoms with Crippen molar-refractivity contribution in [1.29, 1.82) is 0 Å². The molecule has 0 spiro atoms. The number of benzene rings is 2. The molecule has 0 saturated heterocycles. The standard InChI is InChI=1S/C19H22N2O4/c1-13(2)25-17-9-7-15(8-10-17)18(22)20-21-19(23)16-6-4-5-14(11-16)12-24-3/h4-11,13H,12H2,1-3H3,(H,20,22)(H,21,23). The zero-order valence-electron chi connectivity index (χ0n) is 14.5. The van der Waals surface area contributed by atoms with Gasteiger partial charge in [0.15, 0.2) is 0 Å². The van der Waals surface area contributed by atoms with Gasteiger partial charge in [0.2, 0.25) is 0 Å². The highest BCUT2D eigenvalue weighted by molar-refractivity contribution is 5.99. The number of rotatable bonds is 6. The van der Waals surface area contributed by atoms with Crippen LogP contribution in [-0.2, 0) is 11.3 Å². The van der Waals surface area contributed by atoms with Crippen molar-refractivity contribution in [1.82, 2.24) is 10.9 Å². The first kappa shape index (κ1) is 18.5. The van der Waals surface area contributed by atoms with E-state index in [9.17, 15) is 9.59 Å². The van der Waals surface area contributed by atoms with Crippen molar-refractivity contribution in [2.75, 3.05) is 7.11 Å². The molecule has 0 bridgehead atoms. The van der Waals surface area contributed by atoms with Crippen molar-refractivity contribution in [3.8, 4) is 5.75 Å². The Labute approximate surface area is 147 Å². The predicted molar refractivity (Wildman–Crippen MR) is 94.3 cm³/mol. The molecule has 2 rings (SSSR count). The SMILES string of the molecule is COCc1cccc(C(=O)NNC(=O)c2ccc(OC(C)C)cc2)c1. The fourth-order valence-electron chi connectivity index (χ4n) is 2.18. The van der Waals surface area contributed by atoms with E-state index >= 15 is 0 Å². The summed E-state index contributed by atoms with van der Waals surface area (Å²) < 4.78 is 10.6. The third-order valence-electron chi connectivity index (χ3n) is 3.28. The molecular weight excluding hydrogens is 320 g/mol. The molecule has 132 valence electrons. The fourth-order valence-corrected chi connectivity index (χ4v) is 2.18. The molecule has 6 nitrogen and oxygen atoms in total. The maximum absolute atomic E-state index is 12.1. The molecular formula is C19H22N2O4. The molecule has 0 aliphatic rings. The summed E-state index contributed by atoms with van der Waals surface area (Å²) in [5.74, 6) is -0.117. The third-order valence-corrected chi connectivity index (χ3v) is 3.28. The van der Waals surface area contributed by atoms with Gasteiger partial charge in [-0.15, -0.1) is 0 Å². The van der Waals surface area contributed by atoms with Gasteiger partial charge in [0.25, 0.3) is 11.8 Å². The van der Waals surface area contributed by atoms with E-state index in [-0.39, 0.29) is 6.10 Å². The van der Waals surface area contributed by atoms with Crippen molar-refractivity contribution in [2.45, 2.75) is 26.6 Å². The van der Waals surface area contributed by atoms with Crippen LogP contribution in [0.25, 0.3) is 0 Å². The highest BCUT2D eigenvalue weighted by Crippen LogP contribution is 2.13. The minimum absolute atomic E-state index is 0.0628. The molecule has 2 aromatic carbocycles. The van der Waals surface area contributed by atoms with Crippen LogP contribution in [0.4, 0.5) is 0 Å². The highest BCUT2D eigenvalue weighted by Gasteiger charge is 2.10. The normalized spacial score (nSPS) is 10.4. The Hall–Kier alpha value is -2.86. The number of carbonyl (C=O) groups excluding carboxylic acids is 2. The summed E-state index contributed by atoms with van der Waals surface area (Å²) in [7, 11) is 1.59. The summed E-state index contributed by atoms with van der Waals surface area (Å²) in [5, 5.41) is 0. The van der Waals surface area contributed by atoms with Crippen LogP contribution in [0.2, 0.25) is 0 Å². The van der Waals surface area contributed by atoms with Crippen LogP contribution >= 0.6 is 0 Å². The first-order valence-electron chi connectivity index (χ1n) is 7.95. The Bertz CT molecular complexity index is 726. The summed E-state index contributed by atoms with van der Waals surface area (Å²) in [5.41, 5.74) is 6.54. The number of hydrazine groups is 1. The summed E-state index contributed by atoms with van der Waals surface area (Å²) in [6, 6.07) is 13.7. The van der Waals surface area contributed by atoms with Gasteiger partial charge in [-0.05, 0) is 55.8 Å². The summed E-state index contributed by atoms with van der Waals surface area (Å²) in [4.78, 5) is 24.2. The Balaban J connectivity index is 1.92. The van der Waals surface area contributed by atoms with Crippen molar-refractivity contribution in [2.24, 2.45) is 0 Å². The summed E-state index contributed by atoms with van der Waals surface area (Å²) in [6.07, 6.45) is 0.0628. The molecule has 0 heterocycles. The molecule has 25 heavy (non-hydrogen) atoms. The predicted octanol–water partition coefficient (Wildman–Crippen LogP) is 2.70. The number of carbonyl (C=O) groups is 2. The van der Waals surface area contributed by atoms with E-state index in [4.69, 9.17) is 9.47 Å². The smallest absolute Gasteiger partial charge is 0.269 e. The van der Waals surface area contributed by atoms with Crippen molar-refractivity contribution < 1.29 is 19.1 Å². The lowest BCUT2D eigenvalue weighted by Crippen LogP contribution is -2.41. The lowest BCUT2D eigenvalue weighted by molar-refractivity contribution is 0.0846. The van der Waals surface area contributed by atoms with Crippen LogP contribution in [0.3, 0.4) is 0 Å². The fraction of sp³-hybridized carbons (Fsp3) is 0.263. The minimum Gasteiger partial charge on any atom is -0.491 e. The largest absolute Gasteiger partial charge is 0.491 e. The van der Waals surface area contributed by atoms with E-state index in [1.807, 2.05) is 19.9 Å². The van der Waals surface area contributed by atoms with Gasteiger partial charge in [-0.2, -0.15) is 0 Å². The maximum atomic E-state index is 12.1. The second-order valence-electron chi connectivity index (χ2n) is 5.73. The van der Waals surface area contributed by atoms with Gasteiger partial charge in [0.05, 0.1) is 12.7 Å². The number of methoxy groups -OCH3 is 1. The molecule has 6 heteroatoms. The Kier molecular flexibility index (Phi) is 6.54. The van der Waals surface area contributed by atoms with E-state index in [0.717, 1.165) is 5.56 Å². The monoisotopic (exact) mass is 342 g/mol. The van der Waals surface area contributed by atoms with Gasteiger partial charge in [0.1, 0.15) is 5.75 Å². The summed E-state index contributed by atoms with van der Waals surface area (Å²) in [6.45, 7) is 4.27. The van der Waals surface area contributed by atoms with E-state index < -0.39 is 11.8 Å². The minimum atomic E-state index is -0.405. The third kappa shape index (κ3) is 5.61. The molecule has 0 unspecified atom stereocenters. The van der Waals surface area contributed by atoms with Crippen LogP contribution in [0, 0.1) is 0 Å². The molecule has 2 amide bonds. The van der Waals surface area contributed by atoms with Crippen LogP contribution in [-0.4, -0.2) is 25.0 Å². The van der Waals surface area contributed by atoms with Crippen molar-refractivity contribution in [3.63, 3.8) is 0 Å². The van der Waals surface area contributed by atoms with Crippen LogP contribution in [0.5, 0.6) is 5.75 Å². The molecule has 2 N–H and O–H groups in total. The molecule has 0 fully saturated rings. The number of hydrogen-bond donors (Lipinski definition) is 2. The van der Waals surface area contributed by atoms with E-state index in [0.29, 0.717) is 23.5 Å². The number of nitrogens with one attached hydrogen (secondary N) is 2. The van der Waals surface area contributed by atoms with Gasteiger partial charge in [0, 0.05) is 18.2 Å². The summed E-state index contributed by atoms with van der Waals surface area (Å²) >= 11 is 0. The van der Waals surface area contributed by atoms with Crippen LogP contribution in [0.15, 0.2) is 48.5 Å². The van der Waals surface area contributed by atoms with Gasteiger partial charge in [-0.3, -0.25) is 20.4 Å². The van der Waals surface area contributed by atoms with Gasteiger partial charge >= 0.3 is 0 Å². The van der Waals surface area contributed by atoms with E-state index in [2.05, 4.69) is 10.9 Å². The Morgan fingerprint density at radius 2 is 1.60 bits per heavy atom. The van der Waals surface area contributed by atoms with Crippen molar-refractivity contribution >= 4 is 11.8 Å². The first-order valence-corrected chi connectivity index (χ1v) is 7.95. The second-order valence-corrected chi connectivity index (χ2v) is 5.73. The quantitative estimate of drug-likeness (QED) is 0.792. The highest BCUT2D eigenvalue weighted by atomic mass is 16.5. The zero-order chi connectivity index (χ0) is 18.2. The lowest BCUT2D eigenvalue weighted by Gasteiger charge is -2.11. The average molecular weight is 342 g/mol. The average Bonchev–Trinajstić information content (AvgIpc) is 2.60. The molecule has 0 radical (unpaired) electrons. The van der Waals surface area contributed by atoms with Gasteiger partial charge < -0.3 is 9.47 Å². The van der Waals surface area contributed by atoms with Crippen LogP contribution < -0.4 is 15.6 Å². The maximum Gasteiger partial charge on any atom is 0.269 e. The van der Waals surface area contributed by atoms with Crippen molar-refractivity contribution in [3.05, 3.63) is 65.2 Å². The second kappa shape index (κ2) is 8.84. The lowest BCUT2D eigenvalue weighted by atomic mass is 10.1. The van der Waals surface area contributed by atoms with Crippen LogP contribution in [0.1, 0.15) is 40.1 Å². The molecule has 0 saturated carbocycles. The molecule has 2 aromatic rings. The number of ether oxygens (including phenoxy) is 2. The topological polar surface area (TPSA) is 76.7 Å². The zero-order valence-corrected chi connectivity index (χ0v) is 14.5. The van der Waals surface area contributed by atoms with E-state index in [1.54, 1.807) is 49.6 Å². The number of amides is 2. The molecule has 0 aliphatic heterocycles. The molecule has 0 atom stereocenters. The Morgan fingerprint density at radius 3 is 2.20 bits per heavy atom. The molecule has 0 aromatic heterocycles. The number of hydrogen-bond acceptors (Lipinski definition) is 4. The first-order chi connectivity index (χ1) is 12.0.